The molecule has 6 nitrogen and oxygen atoms in total. The second-order valence-electron chi connectivity index (χ2n) is 7.61. The second kappa shape index (κ2) is 9.37. The van der Waals surface area contributed by atoms with E-state index in [-0.39, 0.29) is 12.5 Å². The Labute approximate surface area is 179 Å². The van der Waals surface area contributed by atoms with Crippen molar-refractivity contribution >= 4 is 21.6 Å². The van der Waals surface area contributed by atoms with Crippen LogP contribution in [0.3, 0.4) is 0 Å². The fraction of sp³-hybridized carbons (Fsp3) is 0.381. The third kappa shape index (κ3) is 6.52. The molecule has 0 saturated carbocycles. The molecule has 1 amide bonds. The Morgan fingerprint density at radius 2 is 1.74 bits per heavy atom. The van der Waals surface area contributed by atoms with Gasteiger partial charge >= 0.3 is 6.18 Å². The first-order chi connectivity index (χ1) is 14.5. The van der Waals surface area contributed by atoms with Gasteiger partial charge in [0.25, 0.3) is 0 Å². The maximum atomic E-state index is 12.9. The van der Waals surface area contributed by atoms with Gasteiger partial charge in [-0.3, -0.25) is 9.69 Å². The van der Waals surface area contributed by atoms with Crippen LogP contribution >= 0.6 is 0 Å². The minimum Gasteiger partial charge on any atom is -0.325 e. The lowest BCUT2D eigenvalue weighted by molar-refractivity contribution is -0.137. The molecule has 2 aromatic carbocycles. The first-order valence-corrected chi connectivity index (χ1v) is 11.3. The first-order valence-electron chi connectivity index (χ1n) is 9.81. The predicted octanol–water partition coefficient (Wildman–Crippen LogP) is 3.40. The van der Waals surface area contributed by atoms with Crippen molar-refractivity contribution in [3.8, 4) is 0 Å². The van der Waals surface area contributed by atoms with E-state index in [9.17, 15) is 26.4 Å². The first kappa shape index (κ1) is 23.2. The Morgan fingerprint density at radius 3 is 2.35 bits per heavy atom. The van der Waals surface area contributed by atoms with Gasteiger partial charge in [0.1, 0.15) is 0 Å². The molecule has 0 aliphatic carbocycles. The van der Waals surface area contributed by atoms with Gasteiger partial charge in [0, 0.05) is 24.8 Å². The van der Waals surface area contributed by atoms with Crippen molar-refractivity contribution in [2.75, 3.05) is 25.0 Å². The van der Waals surface area contributed by atoms with Crippen LogP contribution < -0.4 is 10.0 Å². The van der Waals surface area contributed by atoms with Crippen LogP contribution in [0.5, 0.6) is 0 Å². The molecule has 1 aliphatic rings. The van der Waals surface area contributed by atoms with Crippen LogP contribution in [-0.2, 0) is 21.0 Å². The molecule has 10 heteroatoms. The molecule has 3 rings (SSSR count). The molecule has 0 bridgehead atoms. The molecule has 2 N–H and O–H groups in total. The average Bonchev–Trinajstić information content (AvgIpc) is 2.70. The number of likely N-dealkylation sites (tertiary alicyclic amines) is 1. The van der Waals surface area contributed by atoms with Crippen molar-refractivity contribution in [3.63, 3.8) is 0 Å². The number of aryl methyl sites for hydroxylation is 1. The summed E-state index contributed by atoms with van der Waals surface area (Å²) in [5.74, 6) is -0.160. The zero-order valence-electron chi connectivity index (χ0n) is 16.9. The van der Waals surface area contributed by atoms with Crippen LogP contribution in [0.15, 0.2) is 53.4 Å². The molecular weight excluding hydrogens is 431 g/mol. The van der Waals surface area contributed by atoms with Crippen LogP contribution in [0.4, 0.5) is 18.9 Å². The number of nitrogens with zero attached hydrogens (tertiary/aromatic N) is 1. The fourth-order valence-electron chi connectivity index (χ4n) is 3.38. The van der Waals surface area contributed by atoms with Crippen molar-refractivity contribution in [2.45, 2.75) is 36.9 Å². The minimum absolute atomic E-state index is 0.160. The van der Waals surface area contributed by atoms with Crippen molar-refractivity contribution in [2.24, 2.45) is 0 Å². The van der Waals surface area contributed by atoms with Gasteiger partial charge < -0.3 is 5.32 Å². The quantitative estimate of drug-likeness (QED) is 0.700. The third-order valence-corrected chi connectivity index (χ3v) is 6.60. The highest BCUT2D eigenvalue weighted by atomic mass is 32.2. The summed E-state index contributed by atoms with van der Waals surface area (Å²) in [4.78, 5) is 13.7. The van der Waals surface area contributed by atoms with Gasteiger partial charge in [0.2, 0.25) is 15.9 Å². The van der Waals surface area contributed by atoms with Crippen LogP contribution in [0.2, 0.25) is 0 Å². The summed E-state index contributed by atoms with van der Waals surface area (Å²) < 4.78 is 66.1. The average molecular weight is 456 g/mol. The van der Waals surface area contributed by atoms with E-state index in [1.54, 1.807) is 0 Å². The molecule has 31 heavy (non-hydrogen) atoms. The highest BCUT2D eigenvalue weighted by molar-refractivity contribution is 7.89. The fourth-order valence-corrected chi connectivity index (χ4v) is 4.73. The Kier molecular flexibility index (Phi) is 7.03. The number of piperidine rings is 1. The van der Waals surface area contributed by atoms with E-state index in [0.29, 0.717) is 37.7 Å². The van der Waals surface area contributed by atoms with Crippen molar-refractivity contribution in [1.29, 1.82) is 0 Å². The van der Waals surface area contributed by atoms with Gasteiger partial charge in [0.05, 0.1) is 17.0 Å². The lowest BCUT2D eigenvalue weighted by Gasteiger charge is -2.31. The number of nitrogens with one attached hydrogen (secondary N) is 2. The normalized spacial score (nSPS) is 16.3. The number of benzene rings is 2. The zero-order chi connectivity index (χ0) is 22.6. The van der Waals surface area contributed by atoms with E-state index >= 15 is 0 Å². The van der Waals surface area contributed by atoms with Crippen LogP contribution in [0, 0.1) is 6.92 Å². The molecule has 168 valence electrons. The Balaban J connectivity index is 1.51. The van der Waals surface area contributed by atoms with Gasteiger partial charge in [-0.05, 0) is 50.1 Å². The van der Waals surface area contributed by atoms with Crippen LogP contribution in [-0.4, -0.2) is 44.9 Å². The molecule has 1 aliphatic heterocycles. The summed E-state index contributed by atoms with van der Waals surface area (Å²) in [6.45, 7) is 3.13. The number of carbonyl (C=O) groups excluding carboxylic acids is 1. The number of halogens is 3. The smallest absolute Gasteiger partial charge is 0.325 e. The number of anilines is 1. The van der Waals surface area contributed by atoms with Crippen molar-refractivity contribution in [1.82, 2.24) is 9.62 Å². The number of hydrogen-bond donors (Lipinski definition) is 2. The summed E-state index contributed by atoms with van der Waals surface area (Å²) in [6, 6.07) is 10.7. The Bertz CT molecular complexity index is 1020. The second-order valence-corrected chi connectivity index (χ2v) is 9.33. The molecule has 1 fully saturated rings. The lowest BCUT2D eigenvalue weighted by Crippen LogP contribution is -2.46. The standard InChI is InChI=1S/C21H24F3N3O3S/c1-15-5-7-17(8-6-15)25-20(28)14-27-11-9-18(10-12-27)26-31(29,30)19-4-2-3-16(13-19)21(22,23)24/h2-8,13,18,26H,9-12,14H2,1H3,(H,25,28). The molecule has 0 atom stereocenters. The predicted molar refractivity (Wildman–Crippen MR) is 111 cm³/mol. The van der Waals surface area contributed by atoms with E-state index in [1.807, 2.05) is 36.1 Å². The SMILES string of the molecule is Cc1ccc(NC(=O)CN2CCC(NS(=O)(=O)c3cccc(C(F)(F)F)c3)CC2)cc1. The Hall–Kier alpha value is -2.43. The number of rotatable bonds is 6. The van der Waals surface area contributed by atoms with E-state index in [1.165, 1.54) is 0 Å². The number of alkyl halides is 3. The maximum absolute atomic E-state index is 12.9. The number of amides is 1. The molecule has 1 saturated heterocycles. The molecule has 0 aromatic heterocycles. The largest absolute Gasteiger partial charge is 0.416 e. The van der Waals surface area contributed by atoms with Crippen LogP contribution in [0.25, 0.3) is 0 Å². The zero-order valence-corrected chi connectivity index (χ0v) is 17.8. The van der Waals surface area contributed by atoms with E-state index < -0.39 is 32.7 Å². The van der Waals surface area contributed by atoms with Gasteiger partial charge in [-0.2, -0.15) is 13.2 Å². The summed E-state index contributed by atoms with van der Waals surface area (Å²) in [6.07, 6.45) is -3.71. The van der Waals surface area contributed by atoms with E-state index in [2.05, 4.69) is 10.0 Å². The third-order valence-electron chi connectivity index (χ3n) is 5.08. The summed E-state index contributed by atoms with van der Waals surface area (Å²) in [5, 5.41) is 2.82. The molecule has 0 unspecified atom stereocenters. The van der Waals surface area contributed by atoms with Gasteiger partial charge in [-0.1, -0.05) is 23.8 Å². The highest BCUT2D eigenvalue weighted by Crippen LogP contribution is 2.30. The van der Waals surface area contributed by atoms with Crippen LogP contribution in [0.1, 0.15) is 24.0 Å². The molecular formula is C21H24F3N3O3S. The van der Waals surface area contributed by atoms with Crippen molar-refractivity contribution in [3.05, 3.63) is 59.7 Å². The lowest BCUT2D eigenvalue weighted by atomic mass is 10.1. The van der Waals surface area contributed by atoms with Gasteiger partial charge in [-0.25, -0.2) is 13.1 Å². The summed E-state index contributed by atoms with van der Waals surface area (Å²) >= 11 is 0. The molecule has 0 radical (unpaired) electrons. The summed E-state index contributed by atoms with van der Waals surface area (Å²) in [7, 11) is -4.08. The topological polar surface area (TPSA) is 78.5 Å². The van der Waals surface area contributed by atoms with Gasteiger partial charge in [0.15, 0.2) is 0 Å². The number of sulfonamides is 1. The van der Waals surface area contributed by atoms with E-state index in [4.69, 9.17) is 0 Å². The van der Waals surface area contributed by atoms with Crippen molar-refractivity contribution < 1.29 is 26.4 Å². The molecule has 1 heterocycles. The van der Waals surface area contributed by atoms with E-state index in [0.717, 1.165) is 23.8 Å². The summed E-state index contributed by atoms with van der Waals surface area (Å²) in [5.41, 5.74) is 0.789. The number of hydrogen-bond acceptors (Lipinski definition) is 4. The molecule has 0 spiro atoms. The molecule has 2 aromatic rings. The highest BCUT2D eigenvalue weighted by Gasteiger charge is 2.32. The monoisotopic (exact) mass is 455 g/mol. The van der Waals surface area contributed by atoms with Gasteiger partial charge in [-0.15, -0.1) is 0 Å². The number of carbonyl (C=O) groups is 1. The minimum atomic E-state index is -4.62. The maximum Gasteiger partial charge on any atom is 0.416 e. The Morgan fingerprint density at radius 1 is 1.10 bits per heavy atom.